The van der Waals surface area contributed by atoms with Crippen molar-refractivity contribution < 1.29 is 27.1 Å². The highest BCUT2D eigenvalue weighted by molar-refractivity contribution is 6.10. The number of amides is 1. The van der Waals surface area contributed by atoms with Crippen LogP contribution in [0.2, 0.25) is 0 Å². The van der Waals surface area contributed by atoms with Crippen molar-refractivity contribution in [1.82, 2.24) is 9.97 Å². The fourth-order valence-electron chi connectivity index (χ4n) is 4.56. The minimum Gasteiger partial charge on any atom is -0.496 e. The molecule has 0 bridgehead atoms. The second-order valence-electron chi connectivity index (χ2n) is 8.43. The van der Waals surface area contributed by atoms with Gasteiger partial charge in [0, 0.05) is 36.5 Å². The van der Waals surface area contributed by atoms with Gasteiger partial charge in [0.1, 0.15) is 23.2 Å². The maximum absolute atomic E-state index is 14.8. The van der Waals surface area contributed by atoms with Crippen LogP contribution in [0.4, 0.5) is 29.2 Å². The molecule has 0 radical (unpaired) electrons. The lowest BCUT2D eigenvalue weighted by molar-refractivity contribution is -0.137. The average Bonchev–Trinajstić information content (AvgIpc) is 3.41. The highest BCUT2D eigenvalue weighted by Crippen LogP contribution is 2.41. The van der Waals surface area contributed by atoms with Gasteiger partial charge < -0.3 is 15.4 Å². The fraction of sp³-hybridized carbons (Fsp3) is 0.292. The van der Waals surface area contributed by atoms with Crippen LogP contribution in [0.25, 0.3) is 11.3 Å². The molecule has 35 heavy (non-hydrogen) atoms. The van der Waals surface area contributed by atoms with Gasteiger partial charge in [0.05, 0.1) is 30.5 Å². The monoisotopic (exact) mass is 487 g/mol. The van der Waals surface area contributed by atoms with Gasteiger partial charge in [-0.15, -0.1) is 0 Å². The van der Waals surface area contributed by atoms with E-state index in [1.165, 1.54) is 47.4 Å². The number of benzene rings is 1. The highest BCUT2D eigenvalue weighted by Gasteiger charge is 2.39. The van der Waals surface area contributed by atoms with E-state index in [0.717, 1.165) is 6.07 Å². The van der Waals surface area contributed by atoms with Crippen molar-refractivity contribution in [2.45, 2.75) is 25.2 Å². The van der Waals surface area contributed by atoms with Gasteiger partial charge in [-0.1, -0.05) is 6.07 Å². The zero-order valence-corrected chi connectivity index (χ0v) is 18.6. The van der Waals surface area contributed by atoms with Crippen molar-refractivity contribution in [2.24, 2.45) is 5.73 Å². The van der Waals surface area contributed by atoms with E-state index in [1.807, 2.05) is 0 Å². The van der Waals surface area contributed by atoms with Crippen LogP contribution in [0.15, 0.2) is 42.6 Å². The van der Waals surface area contributed by atoms with E-state index in [1.54, 1.807) is 6.07 Å². The molecule has 3 aromatic rings. The first-order chi connectivity index (χ1) is 16.7. The molecule has 1 saturated heterocycles. The Morgan fingerprint density at radius 2 is 1.97 bits per heavy atom. The number of carbonyl (C=O) groups excluding carboxylic acids is 1. The average molecular weight is 487 g/mol. The molecular weight excluding hydrogens is 466 g/mol. The Balaban J connectivity index is 1.57. The van der Waals surface area contributed by atoms with Crippen LogP contribution < -0.4 is 20.3 Å². The number of anilines is 2. The molecule has 1 unspecified atom stereocenters. The molecule has 0 aliphatic carbocycles. The third-order valence-electron chi connectivity index (χ3n) is 6.25. The Kier molecular flexibility index (Phi) is 5.59. The van der Waals surface area contributed by atoms with E-state index in [4.69, 9.17) is 10.5 Å². The highest BCUT2D eigenvalue weighted by atomic mass is 19.4. The van der Waals surface area contributed by atoms with Crippen LogP contribution in [0.5, 0.6) is 5.75 Å². The number of rotatable bonds is 4. The zero-order chi connectivity index (χ0) is 24.9. The summed E-state index contributed by atoms with van der Waals surface area (Å²) in [5, 5.41) is 0. The van der Waals surface area contributed by atoms with Gasteiger partial charge in [0.2, 0.25) is 0 Å². The standard InChI is InChI=1S/C24H21F4N5O2/c1-35-18-4-2-3-17(25)20(18)21-15-12-33(23(34)14(15)7-9-30-21)19-6-5-16(24(26,27)28)22(31-19)32-10-8-13(29)11-32/h2-7,9,13H,8,10-12,29H2,1H3. The number of hydrogen-bond acceptors (Lipinski definition) is 6. The topological polar surface area (TPSA) is 84.6 Å². The molecule has 4 heterocycles. The van der Waals surface area contributed by atoms with E-state index in [0.29, 0.717) is 18.5 Å². The van der Waals surface area contributed by atoms with Gasteiger partial charge in [-0.25, -0.2) is 9.37 Å². The molecule has 0 saturated carbocycles. The minimum absolute atomic E-state index is 0.0356. The van der Waals surface area contributed by atoms with E-state index >= 15 is 0 Å². The van der Waals surface area contributed by atoms with Gasteiger partial charge in [-0.2, -0.15) is 13.2 Å². The minimum atomic E-state index is -4.62. The first-order valence-electron chi connectivity index (χ1n) is 10.9. The van der Waals surface area contributed by atoms with E-state index in [-0.39, 0.29) is 53.3 Å². The summed E-state index contributed by atoms with van der Waals surface area (Å²) in [6, 6.07) is 7.68. The summed E-state index contributed by atoms with van der Waals surface area (Å²) >= 11 is 0. The van der Waals surface area contributed by atoms with Gasteiger partial charge in [-0.3, -0.25) is 14.7 Å². The largest absolute Gasteiger partial charge is 0.496 e. The molecule has 1 amide bonds. The van der Waals surface area contributed by atoms with Crippen molar-refractivity contribution in [3.8, 4) is 17.0 Å². The van der Waals surface area contributed by atoms with Gasteiger partial charge >= 0.3 is 6.18 Å². The van der Waals surface area contributed by atoms with Crippen LogP contribution in [0.1, 0.15) is 27.9 Å². The Labute approximate surface area is 198 Å². The Morgan fingerprint density at radius 1 is 1.17 bits per heavy atom. The number of halogens is 4. The molecule has 0 spiro atoms. The summed E-state index contributed by atoms with van der Waals surface area (Å²) in [5.41, 5.74) is 6.06. The number of nitrogens with two attached hydrogens (primary N) is 1. The first-order valence-corrected chi connectivity index (χ1v) is 10.9. The summed E-state index contributed by atoms with van der Waals surface area (Å²) in [6.45, 7) is 0.525. The first kappa shape index (κ1) is 23.0. The number of ether oxygens (including phenoxy) is 1. The lowest BCUT2D eigenvalue weighted by Crippen LogP contribution is -2.30. The zero-order valence-electron chi connectivity index (χ0n) is 18.6. The van der Waals surface area contributed by atoms with Crippen molar-refractivity contribution in [3.63, 3.8) is 0 Å². The summed E-state index contributed by atoms with van der Waals surface area (Å²) in [6.07, 6.45) is -2.69. The molecule has 182 valence electrons. The third-order valence-corrected chi connectivity index (χ3v) is 6.25. The molecule has 5 rings (SSSR count). The van der Waals surface area contributed by atoms with Gasteiger partial charge in [0.15, 0.2) is 0 Å². The molecule has 2 aliphatic rings. The van der Waals surface area contributed by atoms with Gasteiger partial charge in [0.25, 0.3) is 5.91 Å². The second-order valence-corrected chi connectivity index (χ2v) is 8.43. The molecule has 1 aromatic carbocycles. The predicted octanol–water partition coefficient (Wildman–Crippen LogP) is 4.01. The third kappa shape index (κ3) is 3.95. The fourth-order valence-corrected chi connectivity index (χ4v) is 4.56. The number of pyridine rings is 2. The molecule has 2 aromatic heterocycles. The van der Waals surface area contributed by atoms with E-state index in [9.17, 15) is 22.4 Å². The van der Waals surface area contributed by atoms with Crippen LogP contribution >= 0.6 is 0 Å². The Morgan fingerprint density at radius 3 is 2.66 bits per heavy atom. The van der Waals surface area contributed by atoms with Crippen LogP contribution in [-0.2, 0) is 12.7 Å². The van der Waals surface area contributed by atoms with Gasteiger partial charge in [-0.05, 0) is 36.8 Å². The van der Waals surface area contributed by atoms with Crippen molar-refractivity contribution >= 4 is 17.5 Å². The number of hydrogen-bond donors (Lipinski definition) is 1. The summed E-state index contributed by atoms with van der Waals surface area (Å²) in [4.78, 5) is 24.6. The van der Waals surface area contributed by atoms with E-state index in [2.05, 4.69) is 9.97 Å². The molecular formula is C24H21F4N5O2. The number of aromatic nitrogens is 2. The number of fused-ring (bicyclic) bond motifs is 1. The number of nitrogens with zero attached hydrogens (tertiary/aromatic N) is 4. The Hall–Kier alpha value is -3.73. The maximum Gasteiger partial charge on any atom is 0.419 e. The van der Waals surface area contributed by atoms with Crippen LogP contribution in [-0.4, -0.2) is 42.1 Å². The maximum atomic E-state index is 14.8. The second kappa shape index (κ2) is 8.49. The molecule has 11 heteroatoms. The molecule has 1 atom stereocenters. The number of carbonyl (C=O) groups is 1. The molecule has 2 N–H and O–H groups in total. The van der Waals surface area contributed by atoms with Crippen LogP contribution in [0, 0.1) is 5.82 Å². The summed E-state index contributed by atoms with van der Waals surface area (Å²) in [5.74, 6) is -0.995. The normalized spacial score (nSPS) is 17.8. The number of alkyl halides is 3. The lowest BCUT2D eigenvalue weighted by Gasteiger charge is -2.24. The van der Waals surface area contributed by atoms with Crippen molar-refractivity contribution in [3.05, 3.63) is 65.1 Å². The van der Waals surface area contributed by atoms with Crippen molar-refractivity contribution in [2.75, 3.05) is 30.0 Å². The predicted molar refractivity (Wildman–Crippen MR) is 121 cm³/mol. The van der Waals surface area contributed by atoms with Crippen molar-refractivity contribution in [1.29, 1.82) is 0 Å². The Bertz CT molecular complexity index is 1310. The van der Waals surface area contributed by atoms with Crippen LogP contribution in [0.3, 0.4) is 0 Å². The molecule has 7 nitrogen and oxygen atoms in total. The number of methoxy groups -OCH3 is 1. The SMILES string of the molecule is COc1cccc(F)c1-c1nccc2c1CN(c1ccc(C(F)(F)F)c(N3CCC(N)C3)n1)C2=O. The summed E-state index contributed by atoms with van der Waals surface area (Å²) in [7, 11) is 1.40. The molecule has 2 aliphatic heterocycles. The quantitative estimate of drug-likeness (QED) is 0.560. The molecule has 1 fully saturated rings. The lowest BCUT2D eigenvalue weighted by atomic mass is 10.0. The van der Waals surface area contributed by atoms with E-state index < -0.39 is 23.5 Å². The smallest absolute Gasteiger partial charge is 0.419 e. The summed E-state index contributed by atoms with van der Waals surface area (Å²) < 4.78 is 61.2.